The van der Waals surface area contributed by atoms with Crippen LogP contribution in [-0.2, 0) is 0 Å². The summed E-state index contributed by atoms with van der Waals surface area (Å²) in [7, 11) is 1.68. The zero-order valence-electron chi connectivity index (χ0n) is 8.95. The summed E-state index contributed by atoms with van der Waals surface area (Å²) >= 11 is 0. The van der Waals surface area contributed by atoms with Crippen LogP contribution in [0.5, 0.6) is 5.75 Å². The smallest absolute Gasteiger partial charge is 0.189 e. The molecule has 4 nitrogen and oxygen atoms in total. The number of nitrogens with one attached hydrogen (secondary N) is 1. The highest BCUT2D eigenvalue weighted by molar-refractivity contribution is 5.80. The zero-order valence-corrected chi connectivity index (χ0v) is 8.95. The fourth-order valence-corrected chi connectivity index (χ4v) is 1.77. The number of aliphatic imine (C=N–C) groups is 1. The van der Waals surface area contributed by atoms with Gasteiger partial charge in [0.05, 0.1) is 19.7 Å². The maximum absolute atomic E-state index is 5.57. The largest absolute Gasteiger partial charge is 0.496 e. The Balaban J connectivity index is 2.20. The van der Waals surface area contributed by atoms with Crippen molar-refractivity contribution in [1.82, 2.24) is 5.32 Å². The molecule has 1 unspecified atom stereocenters. The average Bonchev–Trinajstić information content (AvgIpc) is 2.65. The highest BCUT2D eigenvalue weighted by Gasteiger charge is 2.17. The van der Waals surface area contributed by atoms with Crippen LogP contribution in [-0.4, -0.2) is 19.6 Å². The van der Waals surface area contributed by atoms with Crippen molar-refractivity contribution in [2.24, 2.45) is 10.7 Å². The van der Waals surface area contributed by atoms with E-state index in [1.165, 1.54) is 5.56 Å². The quantitative estimate of drug-likeness (QED) is 0.756. The van der Waals surface area contributed by atoms with E-state index in [-0.39, 0.29) is 6.04 Å². The van der Waals surface area contributed by atoms with Gasteiger partial charge in [-0.25, -0.2) is 0 Å². The number of guanidine groups is 1. The molecule has 0 amide bonds. The molecule has 1 aliphatic heterocycles. The molecule has 0 saturated carbocycles. The summed E-state index contributed by atoms with van der Waals surface area (Å²) in [4.78, 5) is 4.12. The number of hydrogen-bond donors (Lipinski definition) is 2. The van der Waals surface area contributed by atoms with Gasteiger partial charge in [-0.15, -0.1) is 0 Å². The van der Waals surface area contributed by atoms with E-state index in [1.54, 1.807) is 7.11 Å². The van der Waals surface area contributed by atoms with Crippen molar-refractivity contribution in [3.05, 3.63) is 29.3 Å². The highest BCUT2D eigenvalue weighted by Crippen LogP contribution is 2.23. The maximum atomic E-state index is 5.57. The van der Waals surface area contributed by atoms with Gasteiger partial charge in [0.2, 0.25) is 0 Å². The average molecular weight is 205 g/mol. The second kappa shape index (κ2) is 3.81. The molecule has 2 rings (SSSR count). The van der Waals surface area contributed by atoms with Gasteiger partial charge >= 0.3 is 0 Å². The zero-order chi connectivity index (χ0) is 10.8. The Hall–Kier alpha value is -1.71. The van der Waals surface area contributed by atoms with Gasteiger partial charge < -0.3 is 15.8 Å². The van der Waals surface area contributed by atoms with Crippen molar-refractivity contribution in [3.8, 4) is 5.75 Å². The van der Waals surface area contributed by atoms with Crippen molar-refractivity contribution >= 4 is 5.96 Å². The summed E-state index contributed by atoms with van der Waals surface area (Å²) in [6.45, 7) is 2.74. The van der Waals surface area contributed by atoms with Gasteiger partial charge in [0.1, 0.15) is 5.75 Å². The van der Waals surface area contributed by atoms with Crippen LogP contribution in [0.3, 0.4) is 0 Å². The summed E-state index contributed by atoms with van der Waals surface area (Å²) in [6.07, 6.45) is 0. The second-order valence-electron chi connectivity index (χ2n) is 3.65. The van der Waals surface area contributed by atoms with Gasteiger partial charge in [0.25, 0.3) is 0 Å². The lowest BCUT2D eigenvalue weighted by Gasteiger charge is -2.13. The fraction of sp³-hybridized carbons (Fsp3) is 0.364. The first-order valence-corrected chi connectivity index (χ1v) is 4.91. The molecule has 3 N–H and O–H groups in total. The maximum Gasteiger partial charge on any atom is 0.189 e. The Morgan fingerprint density at radius 1 is 1.53 bits per heavy atom. The van der Waals surface area contributed by atoms with E-state index in [1.807, 2.05) is 19.1 Å². The Bertz CT molecular complexity index is 401. The van der Waals surface area contributed by atoms with Crippen LogP contribution in [0.25, 0.3) is 0 Å². The van der Waals surface area contributed by atoms with E-state index >= 15 is 0 Å². The van der Waals surface area contributed by atoms with Crippen molar-refractivity contribution in [3.63, 3.8) is 0 Å². The van der Waals surface area contributed by atoms with E-state index in [2.05, 4.69) is 16.4 Å². The molecule has 0 aromatic heterocycles. The van der Waals surface area contributed by atoms with Crippen LogP contribution in [0.15, 0.2) is 23.2 Å². The monoisotopic (exact) mass is 205 g/mol. The Labute approximate surface area is 89.1 Å². The molecule has 80 valence electrons. The molecular formula is C11H15N3O. The Kier molecular flexibility index (Phi) is 2.49. The fourth-order valence-electron chi connectivity index (χ4n) is 1.77. The SMILES string of the molecule is COc1ccc(C2CN=C(N)N2)cc1C. The first-order chi connectivity index (χ1) is 7.20. The van der Waals surface area contributed by atoms with Crippen molar-refractivity contribution in [2.45, 2.75) is 13.0 Å². The first kappa shape index (κ1) is 9.83. The minimum Gasteiger partial charge on any atom is -0.496 e. The van der Waals surface area contributed by atoms with Gasteiger partial charge in [0, 0.05) is 0 Å². The van der Waals surface area contributed by atoms with Crippen molar-refractivity contribution < 1.29 is 4.74 Å². The van der Waals surface area contributed by atoms with Crippen molar-refractivity contribution in [2.75, 3.05) is 13.7 Å². The molecule has 1 aliphatic rings. The molecule has 1 heterocycles. The molecular weight excluding hydrogens is 190 g/mol. The minimum absolute atomic E-state index is 0.203. The molecule has 0 bridgehead atoms. The van der Waals surface area contributed by atoms with Gasteiger partial charge in [-0.3, -0.25) is 4.99 Å². The molecule has 1 aromatic carbocycles. The number of hydrogen-bond acceptors (Lipinski definition) is 4. The van der Waals surface area contributed by atoms with Crippen LogP contribution in [0, 0.1) is 6.92 Å². The predicted octanol–water partition coefficient (Wildman–Crippen LogP) is 0.963. The van der Waals surface area contributed by atoms with Crippen molar-refractivity contribution in [1.29, 1.82) is 0 Å². The standard InChI is InChI=1S/C11H15N3O/c1-7-5-8(3-4-10(7)15-2)9-6-13-11(12)14-9/h3-5,9H,6H2,1-2H3,(H3,12,13,14). The Morgan fingerprint density at radius 3 is 2.87 bits per heavy atom. The highest BCUT2D eigenvalue weighted by atomic mass is 16.5. The van der Waals surface area contributed by atoms with Gasteiger partial charge in [-0.05, 0) is 24.1 Å². The van der Waals surface area contributed by atoms with E-state index in [4.69, 9.17) is 10.5 Å². The normalized spacial score (nSPS) is 19.6. The van der Waals surface area contributed by atoms with E-state index in [0.717, 1.165) is 11.3 Å². The van der Waals surface area contributed by atoms with Gasteiger partial charge in [-0.1, -0.05) is 12.1 Å². The first-order valence-electron chi connectivity index (χ1n) is 4.91. The molecule has 15 heavy (non-hydrogen) atoms. The predicted molar refractivity (Wildman–Crippen MR) is 60.1 cm³/mol. The van der Waals surface area contributed by atoms with Crippen LogP contribution in [0.2, 0.25) is 0 Å². The number of rotatable bonds is 2. The topological polar surface area (TPSA) is 59.6 Å². The lowest BCUT2D eigenvalue weighted by molar-refractivity contribution is 0.411. The molecule has 0 aliphatic carbocycles. The van der Waals surface area contributed by atoms with Crippen LogP contribution in [0.1, 0.15) is 17.2 Å². The summed E-state index contributed by atoms with van der Waals surface area (Å²) < 4.78 is 5.21. The summed E-state index contributed by atoms with van der Waals surface area (Å²) in [5.41, 5.74) is 7.89. The van der Waals surface area contributed by atoms with E-state index in [9.17, 15) is 0 Å². The molecule has 0 radical (unpaired) electrons. The lowest BCUT2D eigenvalue weighted by atomic mass is 10.0. The summed E-state index contributed by atoms with van der Waals surface area (Å²) in [6, 6.07) is 6.32. The van der Waals surface area contributed by atoms with Crippen LogP contribution < -0.4 is 15.8 Å². The number of nitrogens with two attached hydrogens (primary N) is 1. The third-order valence-corrected chi connectivity index (χ3v) is 2.59. The number of aryl methyl sites for hydroxylation is 1. The molecule has 0 fully saturated rings. The number of methoxy groups -OCH3 is 1. The van der Waals surface area contributed by atoms with Gasteiger partial charge in [0.15, 0.2) is 5.96 Å². The number of nitrogens with zero attached hydrogens (tertiary/aromatic N) is 1. The molecule has 1 aromatic rings. The molecule has 0 spiro atoms. The summed E-state index contributed by atoms with van der Waals surface area (Å²) in [5.74, 6) is 1.43. The third-order valence-electron chi connectivity index (χ3n) is 2.59. The van der Waals surface area contributed by atoms with Crippen LogP contribution >= 0.6 is 0 Å². The van der Waals surface area contributed by atoms with E-state index < -0.39 is 0 Å². The molecule has 0 saturated heterocycles. The molecule has 4 heteroatoms. The molecule has 1 atom stereocenters. The Morgan fingerprint density at radius 2 is 2.33 bits per heavy atom. The third kappa shape index (κ3) is 1.88. The van der Waals surface area contributed by atoms with Gasteiger partial charge in [-0.2, -0.15) is 0 Å². The van der Waals surface area contributed by atoms with Crippen LogP contribution in [0.4, 0.5) is 0 Å². The summed E-state index contributed by atoms with van der Waals surface area (Å²) in [5, 5.41) is 3.12. The number of ether oxygens (including phenoxy) is 1. The second-order valence-corrected chi connectivity index (χ2v) is 3.65. The van der Waals surface area contributed by atoms with E-state index in [0.29, 0.717) is 12.5 Å². The lowest BCUT2D eigenvalue weighted by Crippen LogP contribution is -2.29. The minimum atomic E-state index is 0.203. The number of benzene rings is 1.